The molecule has 3 aromatic rings. The van der Waals surface area contributed by atoms with Crippen LogP contribution in [0.25, 0.3) is 11.3 Å². The molecule has 0 aliphatic heterocycles. The van der Waals surface area contributed by atoms with Crippen molar-refractivity contribution in [3.63, 3.8) is 0 Å². The molecule has 0 bridgehead atoms. The first kappa shape index (κ1) is 15.9. The third kappa shape index (κ3) is 3.34. The number of amides is 1. The molecule has 6 nitrogen and oxygen atoms in total. The number of carbonyl (C=O) groups excluding carboxylic acids is 1. The van der Waals surface area contributed by atoms with E-state index in [1.807, 2.05) is 24.6 Å². The summed E-state index contributed by atoms with van der Waals surface area (Å²) in [5.41, 5.74) is 2.75. The highest BCUT2D eigenvalue weighted by molar-refractivity contribution is 5.97. The number of aryl methyl sites for hydroxylation is 2. The molecule has 0 saturated carbocycles. The molecule has 24 heavy (non-hydrogen) atoms. The Morgan fingerprint density at radius 3 is 2.71 bits per heavy atom. The Morgan fingerprint density at radius 2 is 2.04 bits per heavy atom. The maximum atomic E-state index is 13.0. The zero-order valence-electron chi connectivity index (χ0n) is 13.4. The van der Waals surface area contributed by atoms with E-state index in [1.54, 1.807) is 12.1 Å². The maximum absolute atomic E-state index is 13.0. The van der Waals surface area contributed by atoms with Crippen LogP contribution in [0.15, 0.2) is 41.1 Å². The number of carbonyl (C=O) groups is 1. The lowest BCUT2D eigenvalue weighted by molar-refractivity contribution is 0.0947. The van der Waals surface area contributed by atoms with Gasteiger partial charge in [0.05, 0.1) is 12.2 Å². The predicted molar refractivity (Wildman–Crippen MR) is 85.9 cm³/mol. The number of nitrogens with one attached hydrogen (secondary N) is 1. The minimum Gasteiger partial charge on any atom is -0.443 e. The Bertz CT molecular complexity index is 852. The molecule has 0 atom stereocenters. The van der Waals surface area contributed by atoms with E-state index in [2.05, 4.69) is 15.4 Å². The molecule has 3 rings (SSSR count). The molecule has 0 spiro atoms. The molecule has 7 heteroatoms. The topological polar surface area (TPSA) is 73.0 Å². The van der Waals surface area contributed by atoms with E-state index in [1.165, 1.54) is 18.5 Å². The van der Waals surface area contributed by atoms with Crippen molar-refractivity contribution >= 4 is 5.91 Å². The summed E-state index contributed by atoms with van der Waals surface area (Å²) in [6, 6.07) is 7.68. The molecule has 2 aromatic heterocycles. The van der Waals surface area contributed by atoms with Crippen LogP contribution in [0.3, 0.4) is 0 Å². The van der Waals surface area contributed by atoms with E-state index in [9.17, 15) is 9.18 Å². The molecule has 0 radical (unpaired) electrons. The summed E-state index contributed by atoms with van der Waals surface area (Å²) in [6.07, 6.45) is 1.20. The van der Waals surface area contributed by atoms with Crippen molar-refractivity contribution < 1.29 is 13.6 Å². The van der Waals surface area contributed by atoms with Gasteiger partial charge in [0.25, 0.3) is 5.91 Å². The van der Waals surface area contributed by atoms with Crippen LogP contribution in [0.5, 0.6) is 0 Å². The van der Waals surface area contributed by atoms with Crippen LogP contribution >= 0.6 is 0 Å². The highest BCUT2D eigenvalue weighted by Gasteiger charge is 2.18. The van der Waals surface area contributed by atoms with Crippen LogP contribution in [-0.2, 0) is 6.54 Å². The molecule has 1 aromatic carbocycles. The smallest absolute Gasteiger partial charge is 0.273 e. The number of rotatable bonds is 5. The molecule has 0 fully saturated rings. The fraction of sp³-hybridized carbons (Fsp3) is 0.235. The largest absolute Gasteiger partial charge is 0.443 e. The SMILES string of the molecule is Cc1cc(C)n(CCNC(=O)c2ncoc2-c2ccc(F)cc2)n1. The predicted octanol–water partition coefficient (Wildman–Crippen LogP) is 2.72. The Balaban J connectivity index is 1.67. The van der Waals surface area contributed by atoms with Crippen molar-refractivity contribution in [3.05, 3.63) is 59.6 Å². The van der Waals surface area contributed by atoms with Crippen molar-refractivity contribution in [2.45, 2.75) is 20.4 Å². The van der Waals surface area contributed by atoms with Crippen molar-refractivity contribution in [3.8, 4) is 11.3 Å². The van der Waals surface area contributed by atoms with Gasteiger partial charge in [-0.3, -0.25) is 9.48 Å². The van der Waals surface area contributed by atoms with Crippen LogP contribution in [0, 0.1) is 19.7 Å². The Hall–Kier alpha value is -2.96. The lowest BCUT2D eigenvalue weighted by atomic mass is 10.1. The number of aromatic nitrogens is 3. The summed E-state index contributed by atoms with van der Waals surface area (Å²) in [5, 5.41) is 7.13. The quantitative estimate of drug-likeness (QED) is 0.781. The van der Waals surface area contributed by atoms with Crippen LogP contribution < -0.4 is 5.32 Å². The molecule has 1 amide bonds. The van der Waals surface area contributed by atoms with E-state index in [-0.39, 0.29) is 17.4 Å². The highest BCUT2D eigenvalue weighted by atomic mass is 19.1. The molecule has 0 unspecified atom stereocenters. The van der Waals surface area contributed by atoms with Gasteiger partial charge >= 0.3 is 0 Å². The zero-order valence-corrected chi connectivity index (χ0v) is 13.4. The normalized spacial score (nSPS) is 10.8. The molecule has 1 N–H and O–H groups in total. The molecule has 0 aliphatic rings. The second kappa shape index (κ2) is 6.66. The fourth-order valence-electron chi connectivity index (χ4n) is 2.47. The van der Waals surface area contributed by atoms with Gasteiger partial charge in [-0.05, 0) is 44.2 Å². The number of hydrogen-bond donors (Lipinski definition) is 1. The second-order valence-corrected chi connectivity index (χ2v) is 5.44. The molecular weight excluding hydrogens is 311 g/mol. The summed E-state index contributed by atoms with van der Waals surface area (Å²) >= 11 is 0. The van der Waals surface area contributed by atoms with E-state index in [0.29, 0.717) is 24.4 Å². The second-order valence-electron chi connectivity index (χ2n) is 5.44. The first-order valence-corrected chi connectivity index (χ1v) is 7.53. The average molecular weight is 328 g/mol. The lowest BCUT2D eigenvalue weighted by Crippen LogP contribution is -2.28. The minimum absolute atomic E-state index is 0.176. The number of oxazole rings is 1. The van der Waals surface area contributed by atoms with Crippen molar-refractivity contribution in [1.82, 2.24) is 20.1 Å². The first-order valence-electron chi connectivity index (χ1n) is 7.53. The summed E-state index contributed by atoms with van der Waals surface area (Å²) in [6.45, 7) is 4.87. The fourth-order valence-corrected chi connectivity index (χ4v) is 2.47. The van der Waals surface area contributed by atoms with E-state index in [0.717, 1.165) is 11.4 Å². The summed E-state index contributed by atoms with van der Waals surface area (Å²) in [5.74, 6) is -0.377. The number of benzene rings is 1. The van der Waals surface area contributed by atoms with Crippen molar-refractivity contribution in [2.24, 2.45) is 0 Å². The minimum atomic E-state index is -0.353. The Labute approximate surface area is 138 Å². The van der Waals surface area contributed by atoms with Crippen molar-refractivity contribution in [1.29, 1.82) is 0 Å². The molecule has 124 valence electrons. The van der Waals surface area contributed by atoms with Gasteiger partial charge in [-0.2, -0.15) is 5.10 Å². The lowest BCUT2D eigenvalue weighted by Gasteiger charge is -2.06. The van der Waals surface area contributed by atoms with E-state index >= 15 is 0 Å². The summed E-state index contributed by atoms with van der Waals surface area (Å²) in [4.78, 5) is 16.3. The van der Waals surface area contributed by atoms with Crippen LogP contribution in [0.1, 0.15) is 21.9 Å². The average Bonchev–Trinajstić information content (AvgIpc) is 3.15. The van der Waals surface area contributed by atoms with Gasteiger partial charge in [0.15, 0.2) is 17.8 Å². The van der Waals surface area contributed by atoms with Gasteiger partial charge in [0.2, 0.25) is 0 Å². The van der Waals surface area contributed by atoms with Gasteiger partial charge in [-0.25, -0.2) is 9.37 Å². The third-order valence-corrected chi connectivity index (χ3v) is 3.60. The van der Waals surface area contributed by atoms with Crippen LogP contribution in [-0.4, -0.2) is 27.2 Å². The first-order chi connectivity index (χ1) is 11.5. The highest BCUT2D eigenvalue weighted by Crippen LogP contribution is 2.23. The summed E-state index contributed by atoms with van der Waals surface area (Å²) < 4.78 is 20.1. The van der Waals surface area contributed by atoms with Gasteiger partial charge in [0.1, 0.15) is 5.82 Å². The zero-order chi connectivity index (χ0) is 17.1. The number of hydrogen-bond acceptors (Lipinski definition) is 4. The van der Waals surface area contributed by atoms with Gasteiger partial charge < -0.3 is 9.73 Å². The molecule has 0 aliphatic carbocycles. The Kier molecular flexibility index (Phi) is 4.41. The van der Waals surface area contributed by atoms with E-state index in [4.69, 9.17) is 4.42 Å². The Morgan fingerprint density at radius 1 is 1.29 bits per heavy atom. The molecule has 2 heterocycles. The standard InChI is InChI=1S/C17H17FN4O2/c1-11-9-12(2)22(21-11)8-7-19-17(23)15-16(24-10-20-15)13-3-5-14(18)6-4-13/h3-6,9-10H,7-8H2,1-2H3,(H,19,23). The third-order valence-electron chi connectivity index (χ3n) is 3.60. The van der Waals surface area contributed by atoms with Crippen LogP contribution in [0.4, 0.5) is 4.39 Å². The molecule has 0 saturated heterocycles. The van der Waals surface area contributed by atoms with Crippen molar-refractivity contribution in [2.75, 3.05) is 6.54 Å². The summed E-state index contributed by atoms with van der Waals surface area (Å²) in [7, 11) is 0. The van der Waals surface area contributed by atoms with Gasteiger partial charge in [-0.1, -0.05) is 0 Å². The molecular formula is C17H17FN4O2. The number of halogens is 1. The van der Waals surface area contributed by atoms with Gasteiger partial charge in [0, 0.05) is 17.8 Å². The van der Waals surface area contributed by atoms with E-state index < -0.39 is 0 Å². The maximum Gasteiger partial charge on any atom is 0.273 e. The monoisotopic (exact) mass is 328 g/mol. The van der Waals surface area contributed by atoms with Crippen LogP contribution in [0.2, 0.25) is 0 Å². The number of nitrogens with zero attached hydrogens (tertiary/aromatic N) is 3. The van der Waals surface area contributed by atoms with Gasteiger partial charge in [-0.15, -0.1) is 0 Å².